The molecule has 0 aromatic heterocycles. The van der Waals surface area contributed by atoms with E-state index in [-0.39, 0.29) is 36.8 Å². The second-order valence-electron chi connectivity index (χ2n) is 11.2. The number of amides is 4. The summed E-state index contributed by atoms with van der Waals surface area (Å²) < 4.78 is 5.37. The first kappa shape index (κ1) is 29.1. The minimum atomic E-state index is -1.08. The highest BCUT2D eigenvalue weighted by atomic mass is 16.6. The van der Waals surface area contributed by atoms with Gasteiger partial charge in [0, 0.05) is 18.5 Å². The number of carbonyl (C=O) groups is 4. The molecule has 1 fully saturated rings. The number of hydrogen-bond donors (Lipinski definition) is 3. The van der Waals surface area contributed by atoms with Gasteiger partial charge in [-0.15, -0.1) is 0 Å². The highest BCUT2D eigenvalue weighted by Gasteiger charge is 2.48. The first-order valence-electron chi connectivity index (χ1n) is 12.6. The van der Waals surface area contributed by atoms with Gasteiger partial charge in [0.2, 0.25) is 17.7 Å². The molecule has 1 aromatic carbocycles. The molecular formula is C27H42N4O5. The molecule has 1 saturated carbocycles. The van der Waals surface area contributed by atoms with Crippen molar-refractivity contribution in [2.24, 2.45) is 11.7 Å². The number of aryl methyl sites for hydroxylation is 2. The van der Waals surface area contributed by atoms with Crippen LogP contribution < -0.4 is 16.4 Å². The molecule has 9 heteroatoms. The Morgan fingerprint density at radius 2 is 1.75 bits per heavy atom. The first-order chi connectivity index (χ1) is 16.6. The van der Waals surface area contributed by atoms with Gasteiger partial charge in [-0.05, 0) is 78.4 Å². The Bertz CT molecular complexity index is 985. The minimum absolute atomic E-state index is 0.00364. The Morgan fingerprint density at radius 3 is 2.25 bits per heavy atom. The molecule has 200 valence electrons. The summed E-state index contributed by atoms with van der Waals surface area (Å²) >= 11 is 0. The quantitative estimate of drug-likeness (QED) is 0.452. The molecule has 36 heavy (non-hydrogen) atoms. The van der Waals surface area contributed by atoms with E-state index < -0.39 is 35.6 Å². The maximum absolute atomic E-state index is 14.1. The molecule has 0 spiro atoms. The minimum Gasteiger partial charge on any atom is -0.444 e. The monoisotopic (exact) mass is 502 g/mol. The molecule has 0 bridgehead atoms. The van der Waals surface area contributed by atoms with Gasteiger partial charge in [0.15, 0.2) is 0 Å². The molecule has 0 radical (unpaired) electrons. The summed E-state index contributed by atoms with van der Waals surface area (Å²) in [5, 5.41) is 5.59. The lowest BCUT2D eigenvalue weighted by atomic mass is 9.95. The molecule has 1 aliphatic rings. The van der Waals surface area contributed by atoms with E-state index in [1.165, 1.54) is 0 Å². The standard InChI is InChI=1S/C27H42N4O5/c1-15(2)29-24(33)23(19-13-16(3)9-10-17(19)4)31(21-14-18(21)5)25(34)20(11-12-22(28)32)30-26(35)36-27(6,7)8/h9-10,13,15,18,20-21,23H,11-12,14H2,1-8H3,(H2,28,32)(H,29,33)(H,30,35). The van der Waals surface area contributed by atoms with Crippen molar-refractivity contribution in [1.29, 1.82) is 0 Å². The molecule has 4 unspecified atom stereocenters. The number of alkyl carbamates (subject to hydrolysis) is 1. The molecule has 1 aromatic rings. The molecule has 4 amide bonds. The van der Waals surface area contributed by atoms with Crippen molar-refractivity contribution in [3.05, 3.63) is 34.9 Å². The van der Waals surface area contributed by atoms with Crippen molar-refractivity contribution in [3.63, 3.8) is 0 Å². The molecular weight excluding hydrogens is 460 g/mol. The number of primary amides is 1. The van der Waals surface area contributed by atoms with Crippen LogP contribution >= 0.6 is 0 Å². The average Bonchev–Trinajstić information content (AvgIpc) is 3.44. The van der Waals surface area contributed by atoms with Gasteiger partial charge < -0.3 is 26.0 Å². The topological polar surface area (TPSA) is 131 Å². The predicted octanol–water partition coefficient (Wildman–Crippen LogP) is 3.26. The fraction of sp³-hybridized carbons (Fsp3) is 0.630. The Labute approximate surface area is 214 Å². The number of nitrogens with two attached hydrogens (primary N) is 1. The van der Waals surface area contributed by atoms with Crippen LogP contribution in [0.5, 0.6) is 0 Å². The average molecular weight is 503 g/mol. The number of nitrogens with one attached hydrogen (secondary N) is 2. The molecule has 0 saturated heterocycles. The summed E-state index contributed by atoms with van der Waals surface area (Å²) in [6.45, 7) is 14.8. The van der Waals surface area contributed by atoms with Crippen LogP contribution in [0.3, 0.4) is 0 Å². The number of benzene rings is 1. The van der Waals surface area contributed by atoms with Crippen LogP contribution in [0.15, 0.2) is 18.2 Å². The van der Waals surface area contributed by atoms with Crippen LogP contribution in [0, 0.1) is 19.8 Å². The van der Waals surface area contributed by atoms with E-state index in [0.29, 0.717) is 0 Å². The van der Waals surface area contributed by atoms with Gasteiger partial charge in [0.25, 0.3) is 0 Å². The van der Waals surface area contributed by atoms with Crippen LogP contribution in [0.25, 0.3) is 0 Å². The van der Waals surface area contributed by atoms with Crippen LogP contribution in [-0.4, -0.2) is 52.4 Å². The lowest BCUT2D eigenvalue weighted by Crippen LogP contribution is -2.54. The Hall–Kier alpha value is -3.10. The summed E-state index contributed by atoms with van der Waals surface area (Å²) in [4.78, 5) is 53.5. The van der Waals surface area contributed by atoms with Crippen molar-refractivity contribution >= 4 is 23.8 Å². The highest BCUT2D eigenvalue weighted by Crippen LogP contribution is 2.41. The van der Waals surface area contributed by atoms with E-state index >= 15 is 0 Å². The lowest BCUT2D eigenvalue weighted by Gasteiger charge is -2.36. The highest BCUT2D eigenvalue weighted by molar-refractivity contribution is 5.93. The second-order valence-corrected chi connectivity index (χ2v) is 11.2. The van der Waals surface area contributed by atoms with Gasteiger partial charge in [-0.25, -0.2) is 4.79 Å². The van der Waals surface area contributed by atoms with Crippen molar-refractivity contribution in [2.75, 3.05) is 0 Å². The Kier molecular flexibility index (Phi) is 9.51. The van der Waals surface area contributed by atoms with Crippen molar-refractivity contribution in [3.8, 4) is 0 Å². The zero-order valence-corrected chi connectivity index (χ0v) is 22.8. The van der Waals surface area contributed by atoms with E-state index in [9.17, 15) is 19.2 Å². The summed E-state index contributed by atoms with van der Waals surface area (Å²) in [6.07, 6.45) is -0.149. The van der Waals surface area contributed by atoms with Gasteiger partial charge in [-0.1, -0.05) is 30.7 Å². The van der Waals surface area contributed by atoms with Crippen LogP contribution in [0.4, 0.5) is 4.79 Å². The third-order valence-electron chi connectivity index (χ3n) is 6.03. The van der Waals surface area contributed by atoms with Crippen molar-refractivity contribution in [1.82, 2.24) is 15.5 Å². The van der Waals surface area contributed by atoms with Gasteiger partial charge >= 0.3 is 6.09 Å². The molecule has 4 atom stereocenters. The maximum Gasteiger partial charge on any atom is 0.408 e. The van der Waals surface area contributed by atoms with Gasteiger partial charge in [0.1, 0.15) is 17.7 Å². The number of hydrogen-bond acceptors (Lipinski definition) is 5. The van der Waals surface area contributed by atoms with E-state index in [0.717, 1.165) is 23.1 Å². The lowest BCUT2D eigenvalue weighted by molar-refractivity contribution is -0.144. The van der Waals surface area contributed by atoms with Crippen LogP contribution in [0.2, 0.25) is 0 Å². The first-order valence-corrected chi connectivity index (χ1v) is 12.6. The summed E-state index contributed by atoms with van der Waals surface area (Å²) in [7, 11) is 0. The zero-order valence-electron chi connectivity index (χ0n) is 22.8. The maximum atomic E-state index is 14.1. The van der Waals surface area contributed by atoms with Gasteiger partial charge in [-0.3, -0.25) is 14.4 Å². The Morgan fingerprint density at radius 1 is 1.14 bits per heavy atom. The van der Waals surface area contributed by atoms with E-state index in [2.05, 4.69) is 10.6 Å². The molecule has 9 nitrogen and oxygen atoms in total. The fourth-order valence-electron chi connectivity index (χ4n) is 4.18. The number of nitrogens with zero attached hydrogens (tertiary/aromatic N) is 1. The van der Waals surface area contributed by atoms with E-state index in [1.54, 1.807) is 25.7 Å². The van der Waals surface area contributed by atoms with E-state index in [4.69, 9.17) is 10.5 Å². The van der Waals surface area contributed by atoms with Gasteiger partial charge in [-0.2, -0.15) is 0 Å². The third-order valence-corrected chi connectivity index (χ3v) is 6.03. The van der Waals surface area contributed by atoms with Crippen LogP contribution in [-0.2, 0) is 19.1 Å². The van der Waals surface area contributed by atoms with Gasteiger partial charge in [0.05, 0.1) is 0 Å². The molecule has 0 heterocycles. The molecule has 1 aliphatic carbocycles. The number of carbonyl (C=O) groups excluding carboxylic acids is 4. The largest absolute Gasteiger partial charge is 0.444 e. The molecule has 0 aliphatic heterocycles. The van der Waals surface area contributed by atoms with E-state index in [1.807, 2.05) is 52.8 Å². The third kappa shape index (κ3) is 8.24. The SMILES string of the molecule is Cc1ccc(C)c(C(C(=O)NC(C)C)N(C(=O)C(CCC(N)=O)NC(=O)OC(C)(C)C)C2CC2C)c1. The molecule has 4 N–H and O–H groups in total. The fourth-order valence-corrected chi connectivity index (χ4v) is 4.18. The summed E-state index contributed by atoms with van der Waals surface area (Å²) in [6, 6.07) is 3.52. The predicted molar refractivity (Wildman–Crippen MR) is 138 cm³/mol. The van der Waals surface area contributed by atoms with Crippen molar-refractivity contribution < 1.29 is 23.9 Å². The number of rotatable bonds is 10. The molecule has 2 rings (SSSR count). The number of ether oxygens (including phenoxy) is 1. The smallest absolute Gasteiger partial charge is 0.408 e. The summed E-state index contributed by atoms with van der Waals surface area (Å²) in [5.74, 6) is -1.14. The second kappa shape index (κ2) is 11.8. The summed E-state index contributed by atoms with van der Waals surface area (Å²) in [5.41, 5.74) is 7.16. The zero-order chi connectivity index (χ0) is 27.4. The van der Waals surface area contributed by atoms with Crippen molar-refractivity contribution in [2.45, 2.75) is 104 Å². The normalized spacial score (nSPS) is 18.7. The van der Waals surface area contributed by atoms with Crippen LogP contribution in [0.1, 0.15) is 83.5 Å². The Balaban J connectivity index is 2.54.